The molecule has 3 rings (SSSR count). The van der Waals surface area contributed by atoms with E-state index >= 15 is 0 Å². The molecule has 0 saturated heterocycles. The van der Waals surface area contributed by atoms with Crippen LogP contribution in [-0.2, 0) is 10.5 Å². The lowest BCUT2D eigenvalue weighted by molar-refractivity contribution is -0.115. The fraction of sp³-hybridized carbons (Fsp3) is 0.235. The van der Waals surface area contributed by atoms with Gasteiger partial charge in [-0.2, -0.15) is 0 Å². The molecule has 1 aromatic carbocycles. The molecule has 1 N–H and O–H groups in total. The van der Waals surface area contributed by atoms with Crippen LogP contribution in [0.25, 0.3) is 4.96 Å². The van der Waals surface area contributed by atoms with Crippen LogP contribution in [0.3, 0.4) is 0 Å². The molecule has 2 heterocycles. The summed E-state index contributed by atoms with van der Waals surface area (Å²) in [6.45, 7) is 3.45. The number of carbonyl (C=O) groups excluding carboxylic acids is 1. The lowest BCUT2D eigenvalue weighted by Crippen LogP contribution is -2.24. The number of amides is 1. The van der Waals surface area contributed by atoms with E-state index in [1.807, 2.05) is 12.3 Å². The molecule has 136 valence electrons. The fourth-order valence-corrected chi connectivity index (χ4v) is 3.97. The molecule has 0 aliphatic carbocycles. The second-order valence-corrected chi connectivity index (χ2v) is 7.79. The Morgan fingerprint density at radius 3 is 2.77 bits per heavy atom. The van der Waals surface area contributed by atoms with Crippen LogP contribution >= 0.6 is 23.1 Å². The van der Waals surface area contributed by atoms with Crippen LogP contribution < -0.4 is 10.9 Å². The van der Waals surface area contributed by atoms with Gasteiger partial charge in [-0.1, -0.05) is 6.07 Å². The first-order chi connectivity index (χ1) is 12.4. The van der Waals surface area contributed by atoms with E-state index in [1.165, 1.54) is 39.6 Å². The highest BCUT2D eigenvalue weighted by Crippen LogP contribution is 2.22. The minimum Gasteiger partial charge on any atom is -0.320 e. The maximum absolute atomic E-state index is 13.6. The Labute approximate surface area is 156 Å². The molecule has 0 aliphatic rings. The molecule has 1 atom stereocenters. The molecule has 0 fully saturated rings. The lowest BCUT2D eigenvalue weighted by Gasteiger charge is -2.13. The third-order valence-corrected chi connectivity index (χ3v) is 5.81. The van der Waals surface area contributed by atoms with Crippen LogP contribution in [0.1, 0.15) is 18.3 Å². The first-order valence-corrected chi connectivity index (χ1v) is 9.63. The smallest absolute Gasteiger partial charge is 0.258 e. The largest absolute Gasteiger partial charge is 0.320 e. The van der Waals surface area contributed by atoms with E-state index < -0.39 is 28.5 Å². The number of carbonyl (C=O) groups is 1. The van der Waals surface area contributed by atoms with Crippen molar-refractivity contribution >= 4 is 39.7 Å². The molecule has 2 aromatic heterocycles. The fourth-order valence-electron chi connectivity index (χ4n) is 2.30. The van der Waals surface area contributed by atoms with Gasteiger partial charge in [-0.05, 0) is 26.0 Å². The van der Waals surface area contributed by atoms with E-state index in [9.17, 15) is 18.4 Å². The van der Waals surface area contributed by atoms with Gasteiger partial charge in [0.15, 0.2) is 4.96 Å². The first kappa shape index (κ1) is 18.5. The Kier molecular flexibility index (Phi) is 5.38. The number of para-hydroxylation sites is 1. The summed E-state index contributed by atoms with van der Waals surface area (Å²) in [6, 6.07) is 4.81. The number of hydrogen-bond acceptors (Lipinski definition) is 5. The van der Waals surface area contributed by atoms with E-state index in [0.717, 1.165) is 17.8 Å². The van der Waals surface area contributed by atoms with Gasteiger partial charge in [0.2, 0.25) is 5.91 Å². The van der Waals surface area contributed by atoms with E-state index in [-0.39, 0.29) is 5.56 Å². The Balaban J connectivity index is 1.68. The summed E-state index contributed by atoms with van der Waals surface area (Å²) in [5.74, 6) is -1.85. The SMILES string of the molecule is Cc1csc2nc(CSC(C)C(=O)Nc3c(F)cccc3F)cc(=O)n12. The zero-order chi connectivity index (χ0) is 18.8. The molecule has 0 saturated carbocycles. The van der Waals surface area contributed by atoms with Crippen LogP contribution in [0.15, 0.2) is 34.4 Å². The summed E-state index contributed by atoms with van der Waals surface area (Å²) >= 11 is 2.60. The second-order valence-electron chi connectivity index (χ2n) is 5.62. The topological polar surface area (TPSA) is 63.5 Å². The number of aryl methyl sites for hydroxylation is 1. The van der Waals surface area contributed by atoms with E-state index in [4.69, 9.17) is 0 Å². The number of anilines is 1. The van der Waals surface area contributed by atoms with Crippen molar-refractivity contribution in [3.05, 3.63) is 63.0 Å². The zero-order valence-corrected chi connectivity index (χ0v) is 15.6. The lowest BCUT2D eigenvalue weighted by atomic mass is 10.3. The predicted octanol–water partition coefficient (Wildman–Crippen LogP) is 3.60. The van der Waals surface area contributed by atoms with Crippen LogP contribution in [0.2, 0.25) is 0 Å². The number of rotatable bonds is 5. The molecular weight excluding hydrogens is 380 g/mol. The molecule has 1 unspecified atom stereocenters. The Morgan fingerprint density at radius 1 is 1.38 bits per heavy atom. The minimum atomic E-state index is -0.830. The third-order valence-electron chi connectivity index (χ3n) is 3.69. The Hall–Kier alpha value is -2.26. The van der Waals surface area contributed by atoms with E-state index in [1.54, 1.807) is 6.92 Å². The van der Waals surface area contributed by atoms with Crippen molar-refractivity contribution in [1.29, 1.82) is 0 Å². The molecule has 3 aromatic rings. The number of fused-ring (bicyclic) bond motifs is 1. The number of thioether (sulfide) groups is 1. The van der Waals surface area contributed by atoms with Gasteiger partial charge in [-0.15, -0.1) is 23.1 Å². The highest BCUT2D eigenvalue weighted by Gasteiger charge is 2.18. The minimum absolute atomic E-state index is 0.171. The van der Waals surface area contributed by atoms with Crippen molar-refractivity contribution in [3.8, 4) is 0 Å². The van der Waals surface area contributed by atoms with Crippen molar-refractivity contribution in [1.82, 2.24) is 9.38 Å². The zero-order valence-electron chi connectivity index (χ0n) is 14.0. The van der Waals surface area contributed by atoms with E-state index in [2.05, 4.69) is 10.3 Å². The number of halogens is 2. The highest BCUT2D eigenvalue weighted by molar-refractivity contribution is 7.99. The number of hydrogen-bond donors (Lipinski definition) is 1. The molecule has 0 aliphatic heterocycles. The normalized spacial score (nSPS) is 12.3. The summed E-state index contributed by atoms with van der Waals surface area (Å²) in [7, 11) is 0. The second kappa shape index (κ2) is 7.55. The number of nitrogens with one attached hydrogen (secondary N) is 1. The maximum Gasteiger partial charge on any atom is 0.258 e. The standard InChI is InChI=1S/C17H15F2N3O2S2/c1-9-7-26-17-20-11(6-14(23)22(9)17)8-25-10(2)16(24)21-15-12(18)4-3-5-13(15)19/h3-7,10H,8H2,1-2H3,(H,21,24). The average Bonchev–Trinajstić information content (AvgIpc) is 2.97. The quantitative estimate of drug-likeness (QED) is 0.717. The number of thiazole rings is 1. The Morgan fingerprint density at radius 2 is 2.08 bits per heavy atom. The summed E-state index contributed by atoms with van der Waals surface area (Å²) in [5, 5.41) is 3.53. The number of aromatic nitrogens is 2. The predicted molar refractivity (Wildman–Crippen MR) is 99.8 cm³/mol. The molecule has 1 amide bonds. The first-order valence-electron chi connectivity index (χ1n) is 7.70. The van der Waals surface area contributed by atoms with Gasteiger partial charge in [-0.25, -0.2) is 13.8 Å². The van der Waals surface area contributed by atoms with Gasteiger partial charge in [0, 0.05) is 22.9 Å². The van der Waals surface area contributed by atoms with Gasteiger partial charge in [0.1, 0.15) is 17.3 Å². The monoisotopic (exact) mass is 395 g/mol. The third kappa shape index (κ3) is 3.78. The highest BCUT2D eigenvalue weighted by atomic mass is 32.2. The molecular formula is C17H15F2N3O2S2. The van der Waals surface area contributed by atoms with Crippen molar-refractivity contribution in [2.45, 2.75) is 24.9 Å². The van der Waals surface area contributed by atoms with Crippen LogP contribution in [0.4, 0.5) is 14.5 Å². The van der Waals surface area contributed by atoms with Crippen molar-refractivity contribution < 1.29 is 13.6 Å². The van der Waals surface area contributed by atoms with Crippen LogP contribution in [0, 0.1) is 18.6 Å². The van der Waals surface area contributed by atoms with Crippen molar-refractivity contribution in [2.24, 2.45) is 0 Å². The van der Waals surface area contributed by atoms with Gasteiger partial charge >= 0.3 is 0 Å². The summed E-state index contributed by atoms with van der Waals surface area (Å²) in [4.78, 5) is 29.3. The van der Waals surface area contributed by atoms with Crippen molar-refractivity contribution in [3.63, 3.8) is 0 Å². The van der Waals surface area contributed by atoms with Crippen LogP contribution in [0.5, 0.6) is 0 Å². The van der Waals surface area contributed by atoms with Crippen LogP contribution in [-0.4, -0.2) is 20.5 Å². The maximum atomic E-state index is 13.6. The molecule has 5 nitrogen and oxygen atoms in total. The summed E-state index contributed by atoms with van der Waals surface area (Å²) in [5.41, 5.74) is 0.742. The van der Waals surface area contributed by atoms with Gasteiger partial charge in [-0.3, -0.25) is 14.0 Å². The molecule has 0 spiro atoms. The number of nitrogens with zero attached hydrogens (tertiary/aromatic N) is 2. The van der Waals surface area contributed by atoms with E-state index in [0.29, 0.717) is 16.4 Å². The van der Waals surface area contributed by atoms with Gasteiger partial charge < -0.3 is 5.32 Å². The molecule has 0 radical (unpaired) electrons. The average molecular weight is 395 g/mol. The number of benzene rings is 1. The molecule has 9 heteroatoms. The van der Waals surface area contributed by atoms with Gasteiger partial charge in [0.05, 0.1) is 10.9 Å². The molecule has 0 bridgehead atoms. The van der Waals surface area contributed by atoms with Gasteiger partial charge in [0.25, 0.3) is 5.56 Å². The van der Waals surface area contributed by atoms with Crippen molar-refractivity contribution in [2.75, 3.05) is 5.32 Å². The molecule has 26 heavy (non-hydrogen) atoms. The summed E-state index contributed by atoms with van der Waals surface area (Å²) < 4.78 is 28.7. The summed E-state index contributed by atoms with van der Waals surface area (Å²) in [6.07, 6.45) is 0. The Bertz CT molecular complexity index is 1010.